The average Bonchev–Trinajstić information content (AvgIpc) is 1.97. The predicted molar refractivity (Wildman–Crippen MR) is 40.6 cm³/mol. The highest BCUT2D eigenvalue weighted by atomic mass is 16.5. The Balaban J connectivity index is 3.10. The number of nitriles is 1. The van der Waals surface area contributed by atoms with Gasteiger partial charge in [0.05, 0.1) is 12.2 Å². The Morgan fingerprint density at radius 2 is 2.30 bits per heavy atom. The van der Waals surface area contributed by atoms with Crippen LogP contribution in [-0.2, 0) is 4.74 Å². The van der Waals surface area contributed by atoms with Gasteiger partial charge in [0.25, 0.3) is 0 Å². The number of nitrogens with zero attached hydrogens (tertiary/aromatic N) is 1. The summed E-state index contributed by atoms with van der Waals surface area (Å²) in [6.07, 6.45) is 3.70. The van der Waals surface area contributed by atoms with E-state index in [2.05, 4.69) is 6.92 Å². The van der Waals surface area contributed by atoms with Crippen LogP contribution in [0.3, 0.4) is 0 Å². The lowest BCUT2D eigenvalue weighted by Gasteiger charge is -2.08. The standard InChI is InChI=1S/C8H15NO/c1-3-4-5-8(2)10-7-6-9/h8H,3-5,7H2,1-2H3/t8-/m1/s1. The van der Waals surface area contributed by atoms with Crippen molar-refractivity contribution in [1.82, 2.24) is 0 Å². The van der Waals surface area contributed by atoms with Crippen LogP contribution in [0.2, 0.25) is 0 Å². The van der Waals surface area contributed by atoms with Crippen LogP contribution in [0.4, 0.5) is 0 Å². The van der Waals surface area contributed by atoms with Crippen molar-refractivity contribution in [2.75, 3.05) is 6.61 Å². The molecule has 0 aliphatic heterocycles. The topological polar surface area (TPSA) is 33.0 Å². The second-order valence-corrected chi connectivity index (χ2v) is 2.42. The van der Waals surface area contributed by atoms with Gasteiger partial charge in [-0.2, -0.15) is 5.26 Å². The minimum absolute atomic E-state index is 0.227. The van der Waals surface area contributed by atoms with E-state index in [1.54, 1.807) is 0 Å². The van der Waals surface area contributed by atoms with E-state index >= 15 is 0 Å². The van der Waals surface area contributed by atoms with Crippen LogP contribution >= 0.6 is 0 Å². The Labute approximate surface area is 62.8 Å². The SMILES string of the molecule is CCCC[C@@H](C)OCC#N. The molecule has 58 valence electrons. The fourth-order valence-electron chi connectivity index (χ4n) is 0.754. The summed E-state index contributed by atoms with van der Waals surface area (Å²) in [4.78, 5) is 0. The van der Waals surface area contributed by atoms with Gasteiger partial charge in [-0.15, -0.1) is 0 Å². The normalized spacial score (nSPS) is 12.5. The third-order valence-electron chi connectivity index (χ3n) is 1.40. The van der Waals surface area contributed by atoms with E-state index < -0.39 is 0 Å². The van der Waals surface area contributed by atoms with Crippen molar-refractivity contribution >= 4 is 0 Å². The Hall–Kier alpha value is -0.550. The number of hydrogen-bond acceptors (Lipinski definition) is 2. The monoisotopic (exact) mass is 141 g/mol. The Bertz CT molecular complexity index is 106. The molecule has 0 rings (SSSR count). The summed E-state index contributed by atoms with van der Waals surface area (Å²) in [5, 5.41) is 8.17. The first-order valence-corrected chi connectivity index (χ1v) is 3.79. The van der Waals surface area contributed by atoms with Crippen LogP contribution < -0.4 is 0 Å². The summed E-state index contributed by atoms with van der Waals surface area (Å²) in [5.74, 6) is 0. The molecule has 0 aromatic rings. The molecule has 0 spiro atoms. The smallest absolute Gasteiger partial charge is 0.134 e. The van der Waals surface area contributed by atoms with Crippen molar-refractivity contribution in [3.63, 3.8) is 0 Å². The van der Waals surface area contributed by atoms with Crippen LogP contribution in [0.5, 0.6) is 0 Å². The zero-order chi connectivity index (χ0) is 7.82. The molecule has 0 unspecified atom stereocenters. The molecule has 0 saturated carbocycles. The van der Waals surface area contributed by atoms with Crippen LogP contribution in [0.15, 0.2) is 0 Å². The summed E-state index contributed by atoms with van der Waals surface area (Å²) < 4.78 is 5.13. The number of rotatable bonds is 5. The maximum absolute atomic E-state index is 8.17. The molecule has 2 nitrogen and oxygen atoms in total. The minimum atomic E-state index is 0.227. The Morgan fingerprint density at radius 3 is 2.80 bits per heavy atom. The van der Waals surface area contributed by atoms with E-state index in [1.165, 1.54) is 12.8 Å². The van der Waals surface area contributed by atoms with Gasteiger partial charge in [0.2, 0.25) is 0 Å². The van der Waals surface area contributed by atoms with Gasteiger partial charge in [-0.1, -0.05) is 19.8 Å². The summed E-state index contributed by atoms with van der Waals surface area (Å²) in [5.41, 5.74) is 0. The van der Waals surface area contributed by atoms with Crippen molar-refractivity contribution < 1.29 is 4.74 Å². The number of hydrogen-bond donors (Lipinski definition) is 0. The van der Waals surface area contributed by atoms with Crippen molar-refractivity contribution in [2.45, 2.75) is 39.2 Å². The van der Waals surface area contributed by atoms with E-state index in [0.29, 0.717) is 0 Å². The molecule has 10 heavy (non-hydrogen) atoms. The molecule has 0 aromatic heterocycles. The quantitative estimate of drug-likeness (QED) is 0.587. The van der Waals surface area contributed by atoms with Gasteiger partial charge in [0.15, 0.2) is 0 Å². The summed E-state index contributed by atoms with van der Waals surface area (Å²) in [6.45, 7) is 4.38. The molecule has 0 N–H and O–H groups in total. The van der Waals surface area contributed by atoms with Gasteiger partial charge in [-0.25, -0.2) is 0 Å². The van der Waals surface area contributed by atoms with Gasteiger partial charge in [-0.05, 0) is 13.3 Å². The molecule has 2 heteroatoms. The van der Waals surface area contributed by atoms with Crippen LogP contribution in [0, 0.1) is 11.3 Å². The second-order valence-electron chi connectivity index (χ2n) is 2.42. The third kappa shape index (κ3) is 5.58. The maximum atomic E-state index is 8.17. The highest BCUT2D eigenvalue weighted by Gasteiger charge is 1.98. The first-order valence-electron chi connectivity index (χ1n) is 3.79. The molecular formula is C8H15NO. The summed E-state index contributed by atoms with van der Waals surface area (Å²) >= 11 is 0. The van der Waals surface area contributed by atoms with Crippen LogP contribution in [-0.4, -0.2) is 12.7 Å². The van der Waals surface area contributed by atoms with Gasteiger partial charge in [0.1, 0.15) is 6.61 Å². The molecule has 0 radical (unpaired) electrons. The van der Waals surface area contributed by atoms with E-state index in [9.17, 15) is 0 Å². The first kappa shape index (κ1) is 9.45. The van der Waals surface area contributed by atoms with E-state index in [0.717, 1.165) is 6.42 Å². The molecule has 0 aromatic carbocycles. The van der Waals surface area contributed by atoms with Gasteiger partial charge < -0.3 is 4.74 Å². The molecule has 0 aliphatic carbocycles. The van der Waals surface area contributed by atoms with Crippen molar-refractivity contribution in [2.24, 2.45) is 0 Å². The second kappa shape index (κ2) is 6.57. The van der Waals surface area contributed by atoms with E-state index in [1.807, 2.05) is 13.0 Å². The molecule has 0 fully saturated rings. The zero-order valence-corrected chi connectivity index (χ0v) is 6.76. The molecule has 0 amide bonds. The summed E-state index contributed by atoms with van der Waals surface area (Å²) in [7, 11) is 0. The average molecular weight is 141 g/mol. The van der Waals surface area contributed by atoms with Crippen molar-refractivity contribution in [1.29, 1.82) is 5.26 Å². The largest absolute Gasteiger partial charge is 0.364 e. The van der Waals surface area contributed by atoms with E-state index in [4.69, 9.17) is 10.00 Å². The Kier molecular flexibility index (Phi) is 6.21. The molecule has 0 heterocycles. The van der Waals surface area contributed by atoms with Crippen molar-refractivity contribution in [3.05, 3.63) is 0 Å². The molecule has 0 bridgehead atoms. The first-order chi connectivity index (χ1) is 4.81. The lowest BCUT2D eigenvalue weighted by Crippen LogP contribution is -2.07. The van der Waals surface area contributed by atoms with Crippen LogP contribution in [0.1, 0.15) is 33.1 Å². The molecule has 0 saturated heterocycles. The lowest BCUT2D eigenvalue weighted by molar-refractivity contribution is 0.0830. The molecule has 0 aliphatic rings. The van der Waals surface area contributed by atoms with Gasteiger partial charge >= 0.3 is 0 Å². The van der Waals surface area contributed by atoms with Crippen LogP contribution in [0.25, 0.3) is 0 Å². The van der Waals surface area contributed by atoms with Gasteiger partial charge in [0, 0.05) is 0 Å². The fourth-order valence-corrected chi connectivity index (χ4v) is 0.754. The minimum Gasteiger partial charge on any atom is -0.364 e. The fraction of sp³-hybridized carbons (Fsp3) is 0.875. The van der Waals surface area contributed by atoms with E-state index in [-0.39, 0.29) is 12.7 Å². The highest BCUT2D eigenvalue weighted by molar-refractivity contribution is 4.67. The third-order valence-corrected chi connectivity index (χ3v) is 1.40. The maximum Gasteiger partial charge on any atom is 0.134 e. The Morgan fingerprint density at radius 1 is 1.60 bits per heavy atom. The number of unbranched alkanes of at least 4 members (excludes halogenated alkanes) is 1. The molecule has 1 atom stereocenters. The number of ether oxygens (including phenoxy) is 1. The molecular weight excluding hydrogens is 126 g/mol. The lowest BCUT2D eigenvalue weighted by atomic mass is 10.2. The zero-order valence-electron chi connectivity index (χ0n) is 6.76. The highest BCUT2D eigenvalue weighted by Crippen LogP contribution is 2.02. The van der Waals surface area contributed by atoms with Gasteiger partial charge in [-0.3, -0.25) is 0 Å². The van der Waals surface area contributed by atoms with Crippen molar-refractivity contribution in [3.8, 4) is 6.07 Å². The summed E-state index contributed by atoms with van der Waals surface area (Å²) in [6, 6.07) is 1.95. The predicted octanol–water partition coefficient (Wildman–Crippen LogP) is 2.11.